The van der Waals surface area contributed by atoms with Crippen molar-refractivity contribution >= 4 is 15.9 Å². The number of rotatable bonds is 4. The molecule has 0 radical (unpaired) electrons. The van der Waals surface area contributed by atoms with Crippen LogP contribution in [0.25, 0.3) is 0 Å². The van der Waals surface area contributed by atoms with E-state index in [9.17, 15) is 0 Å². The third-order valence-electron chi connectivity index (χ3n) is 1.13. The first-order chi connectivity index (χ1) is 4.66. The summed E-state index contributed by atoms with van der Waals surface area (Å²) in [5, 5.41) is 17.8. The van der Waals surface area contributed by atoms with Gasteiger partial charge in [0.05, 0.1) is 0 Å². The Kier molecular flexibility index (Phi) is 5.97. The second-order valence-electron chi connectivity index (χ2n) is 2.24. The monoisotopic (exact) mass is 208 g/mol. The lowest BCUT2D eigenvalue weighted by molar-refractivity contribution is -0.0442. The van der Waals surface area contributed by atoms with Crippen LogP contribution >= 0.6 is 15.9 Å². The minimum atomic E-state index is -1.17. The molecule has 2 N–H and O–H groups in total. The van der Waals surface area contributed by atoms with Gasteiger partial charge in [-0.15, -0.1) is 0 Å². The summed E-state index contributed by atoms with van der Waals surface area (Å²) < 4.78 is 0. The highest BCUT2D eigenvalue weighted by molar-refractivity contribution is 9.09. The summed E-state index contributed by atoms with van der Waals surface area (Å²) in [5.74, 6) is 0. The Labute approximate surface area is 69.7 Å². The van der Waals surface area contributed by atoms with Gasteiger partial charge in [-0.3, -0.25) is 0 Å². The van der Waals surface area contributed by atoms with Crippen LogP contribution in [0.5, 0.6) is 0 Å². The second-order valence-corrected chi connectivity index (χ2v) is 2.80. The highest BCUT2D eigenvalue weighted by Crippen LogP contribution is 2.02. The highest BCUT2D eigenvalue weighted by Gasteiger charge is 1.93. The lowest BCUT2D eigenvalue weighted by Gasteiger charge is -1.99. The van der Waals surface area contributed by atoms with Gasteiger partial charge in [0.1, 0.15) is 0 Å². The SMILES string of the molecule is C/C(=C/CCC(O)O)CBr. The van der Waals surface area contributed by atoms with Gasteiger partial charge in [-0.25, -0.2) is 0 Å². The van der Waals surface area contributed by atoms with E-state index in [0.717, 1.165) is 11.8 Å². The first-order valence-corrected chi connectivity index (χ1v) is 4.36. The Morgan fingerprint density at radius 2 is 2.20 bits per heavy atom. The van der Waals surface area contributed by atoms with Crippen molar-refractivity contribution in [1.82, 2.24) is 0 Å². The largest absolute Gasteiger partial charge is 0.368 e. The smallest absolute Gasteiger partial charge is 0.151 e. The van der Waals surface area contributed by atoms with E-state index >= 15 is 0 Å². The molecule has 0 saturated carbocycles. The molecule has 0 amide bonds. The molecule has 3 heteroatoms. The maximum absolute atomic E-state index is 8.45. The van der Waals surface area contributed by atoms with E-state index in [1.54, 1.807) is 0 Å². The number of allylic oxidation sites excluding steroid dienone is 2. The lowest BCUT2D eigenvalue weighted by Crippen LogP contribution is -2.02. The third kappa shape index (κ3) is 6.26. The van der Waals surface area contributed by atoms with Crippen LogP contribution in [-0.2, 0) is 0 Å². The molecule has 0 unspecified atom stereocenters. The maximum Gasteiger partial charge on any atom is 0.151 e. The van der Waals surface area contributed by atoms with Crippen LogP contribution in [0.1, 0.15) is 19.8 Å². The molecule has 10 heavy (non-hydrogen) atoms. The third-order valence-corrected chi connectivity index (χ3v) is 2.01. The molecule has 0 bridgehead atoms. The lowest BCUT2D eigenvalue weighted by atomic mass is 10.2. The molecule has 0 saturated heterocycles. The van der Waals surface area contributed by atoms with E-state index in [0.29, 0.717) is 6.42 Å². The zero-order chi connectivity index (χ0) is 7.98. The fourth-order valence-electron chi connectivity index (χ4n) is 0.533. The zero-order valence-electron chi connectivity index (χ0n) is 6.05. The predicted molar refractivity (Wildman–Crippen MR) is 45.0 cm³/mol. The number of hydrogen-bond donors (Lipinski definition) is 2. The zero-order valence-corrected chi connectivity index (χ0v) is 7.63. The number of halogens is 1. The van der Waals surface area contributed by atoms with E-state index in [1.165, 1.54) is 5.57 Å². The fourth-order valence-corrected chi connectivity index (χ4v) is 0.762. The number of alkyl halides is 1. The summed E-state index contributed by atoms with van der Waals surface area (Å²) in [6.45, 7) is 2.00. The van der Waals surface area contributed by atoms with Gasteiger partial charge < -0.3 is 10.2 Å². The van der Waals surface area contributed by atoms with Gasteiger partial charge in [-0.05, 0) is 13.3 Å². The van der Waals surface area contributed by atoms with Crippen LogP contribution in [0.2, 0.25) is 0 Å². The summed E-state index contributed by atoms with van der Waals surface area (Å²) >= 11 is 3.29. The molecule has 0 spiro atoms. The van der Waals surface area contributed by atoms with Crippen molar-refractivity contribution in [1.29, 1.82) is 0 Å². The predicted octanol–water partition coefficient (Wildman–Crippen LogP) is 1.42. The van der Waals surface area contributed by atoms with Crippen LogP contribution in [0.15, 0.2) is 11.6 Å². The average Bonchev–Trinajstić information content (AvgIpc) is 1.87. The molecule has 0 heterocycles. The van der Waals surface area contributed by atoms with Gasteiger partial charge >= 0.3 is 0 Å². The van der Waals surface area contributed by atoms with Crippen LogP contribution in [-0.4, -0.2) is 21.8 Å². The quantitative estimate of drug-likeness (QED) is 0.417. The van der Waals surface area contributed by atoms with Crippen molar-refractivity contribution in [3.05, 3.63) is 11.6 Å². The molecule has 0 aliphatic rings. The first kappa shape index (κ1) is 10.1. The topological polar surface area (TPSA) is 40.5 Å². The molecule has 0 aromatic heterocycles. The summed E-state index contributed by atoms with van der Waals surface area (Å²) in [6, 6.07) is 0. The Balaban J connectivity index is 3.34. The van der Waals surface area contributed by atoms with Crippen LogP contribution < -0.4 is 0 Å². The van der Waals surface area contributed by atoms with Gasteiger partial charge in [0, 0.05) is 11.8 Å². The minimum absolute atomic E-state index is 0.421. The second kappa shape index (κ2) is 5.89. The summed E-state index contributed by atoms with van der Waals surface area (Å²) in [4.78, 5) is 0. The summed E-state index contributed by atoms with van der Waals surface area (Å²) in [7, 11) is 0. The van der Waals surface area contributed by atoms with Crippen molar-refractivity contribution in [2.75, 3.05) is 5.33 Å². The highest BCUT2D eigenvalue weighted by atomic mass is 79.9. The van der Waals surface area contributed by atoms with Gasteiger partial charge in [0.15, 0.2) is 6.29 Å². The van der Waals surface area contributed by atoms with Gasteiger partial charge in [-0.1, -0.05) is 27.6 Å². The van der Waals surface area contributed by atoms with Crippen molar-refractivity contribution in [2.24, 2.45) is 0 Å². The van der Waals surface area contributed by atoms with E-state index in [4.69, 9.17) is 10.2 Å². The minimum Gasteiger partial charge on any atom is -0.368 e. The number of aliphatic hydroxyl groups excluding tert-OH is 1. The molecule has 0 aromatic carbocycles. The van der Waals surface area contributed by atoms with Crippen LogP contribution in [0.4, 0.5) is 0 Å². The molecule has 0 rings (SSSR count). The number of hydrogen-bond acceptors (Lipinski definition) is 2. The average molecular weight is 209 g/mol. The molecule has 0 atom stereocenters. The van der Waals surface area contributed by atoms with E-state index < -0.39 is 6.29 Å². The number of aliphatic hydroxyl groups is 2. The normalized spacial score (nSPS) is 12.7. The van der Waals surface area contributed by atoms with E-state index in [2.05, 4.69) is 15.9 Å². The Morgan fingerprint density at radius 1 is 1.60 bits per heavy atom. The van der Waals surface area contributed by atoms with Gasteiger partial charge in [0.25, 0.3) is 0 Å². The molecule has 60 valence electrons. The molecular weight excluding hydrogens is 196 g/mol. The van der Waals surface area contributed by atoms with E-state index in [-0.39, 0.29) is 0 Å². The first-order valence-electron chi connectivity index (χ1n) is 3.24. The molecule has 2 nitrogen and oxygen atoms in total. The van der Waals surface area contributed by atoms with Crippen molar-refractivity contribution < 1.29 is 10.2 Å². The molecule has 0 aromatic rings. The molecule has 0 aliphatic carbocycles. The standard InChI is InChI=1S/C7H13BrO2/c1-6(5-8)3-2-4-7(9)10/h3,7,9-10H,2,4-5H2,1H3/b6-3-. The molecule has 0 aliphatic heterocycles. The van der Waals surface area contributed by atoms with Crippen molar-refractivity contribution in [3.8, 4) is 0 Å². The maximum atomic E-state index is 8.45. The van der Waals surface area contributed by atoms with E-state index in [1.807, 2.05) is 13.0 Å². The molecule has 0 fully saturated rings. The fraction of sp³-hybridized carbons (Fsp3) is 0.714. The van der Waals surface area contributed by atoms with Crippen molar-refractivity contribution in [3.63, 3.8) is 0 Å². The van der Waals surface area contributed by atoms with Crippen molar-refractivity contribution in [2.45, 2.75) is 26.1 Å². The van der Waals surface area contributed by atoms with Gasteiger partial charge in [-0.2, -0.15) is 0 Å². The van der Waals surface area contributed by atoms with Crippen LogP contribution in [0.3, 0.4) is 0 Å². The Morgan fingerprint density at radius 3 is 2.60 bits per heavy atom. The van der Waals surface area contributed by atoms with Gasteiger partial charge in [0.2, 0.25) is 0 Å². The van der Waals surface area contributed by atoms with Crippen LogP contribution in [0, 0.1) is 0 Å². The summed E-state index contributed by atoms with van der Waals surface area (Å²) in [5.41, 5.74) is 1.22. The summed E-state index contributed by atoms with van der Waals surface area (Å²) in [6.07, 6.45) is 1.98. The Bertz CT molecular complexity index is 110. The Hall–Kier alpha value is 0.140. The molecular formula is C7H13BrO2.